The van der Waals surface area contributed by atoms with Crippen LogP contribution in [0.2, 0.25) is 0 Å². The van der Waals surface area contributed by atoms with Crippen LogP contribution >= 0.6 is 0 Å². The minimum Gasteiger partial charge on any atom is -0.490 e. The molecule has 3 rings (SSSR count). The van der Waals surface area contributed by atoms with Gasteiger partial charge in [-0.15, -0.1) is 0 Å². The van der Waals surface area contributed by atoms with Crippen molar-refractivity contribution >= 4 is 11.9 Å². The number of amides is 1. The number of hydrogen-bond donors (Lipinski definition) is 0. The Kier molecular flexibility index (Phi) is 7.13. The normalized spacial score (nSPS) is 16.9. The lowest BCUT2D eigenvalue weighted by atomic mass is 10.1. The summed E-state index contributed by atoms with van der Waals surface area (Å²) >= 11 is 0. The van der Waals surface area contributed by atoms with Gasteiger partial charge < -0.3 is 14.4 Å². The molecule has 27 heavy (non-hydrogen) atoms. The molecule has 0 bridgehead atoms. The summed E-state index contributed by atoms with van der Waals surface area (Å²) in [7, 11) is 0. The zero-order valence-corrected chi connectivity index (χ0v) is 16.3. The summed E-state index contributed by atoms with van der Waals surface area (Å²) in [6.45, 7) is 2.86. The van der Waals surface area contributed by atoms with Crippen LogP contribution in [0, 0.1) is 5.92 Å². The summed E-state index contributed by atoms with van der Waals surface area (Å²) in [6.07, 6.45) is 8.44. The molecule has 5 nitrogen and oxygen atoms in total. The van der Waals surface area contributed by atoms with Crippen molar-refractivity contribution in [1.29, 1.82) is 0 Å². The first-order valence-corrected chi connectivity index (χ1v) is 10.3. The van der Waals surface area contributed by atoms with Crippen LogP contribution in [0.25, 0.3) is 0 Å². The fraction of sp³-hybridized carbons (Fsp3) is 0.636. The van der Waals surface area contributed by atoms with Crippen LogP contribution < -0.4 is 4.74 Å². The molecule has 0 radical (unpaired) electrons. The van der Waals surface area contributed by atoms with Crippen molar-refractivity contribution in [3.8, 4) is 5.75 Å². The van der Waals surface area contributed by atoms with Gasteiger partial charge in [0, 0.05) is 13.0 Å². The Morgan fingerprint density at radius 1 is 1.15 bits per heavy atom. The van der Waals surface area contributed by atoms with E-state index < -0.39 is 0 Å². The molecule has 2 fully saturated rings. The van der Waals surface area contributed by atoms with E-state index in [-0.39, 0.29) is 18.4 Å². The first-order valence-electron chi connectivity index (χ1n) is 10.3. The summed E-state index contributed by atoms with van der Waals surface area (Å²) in [5, 5.41) is 0. The minimum atomic E-state index is -0.321. The Labute approximate surface area is 162 Å². The van der Waals surface area contributed by atoms with Gasteiger partial charge in [0.1, 0.15) is 12.3 Å². The van der Waals surface area contributed by atoms with E-state index in [2.05, 4.69) is 0 Å². The molecule has 0 aliphatic heterocycles. The van der Waals surface area contributed by atoms with Crippen LogP contribution in [-0.2, 0) is 20.7 Å². The van der Waals surface area contributed by atoms with E-state index in [1.807, 2.05) is 24.3 Å². The number of hydrogen-bond acceptors (Lipinski definition) is 4. The molecule has 1 amide bonds. The first-order chi connectivity index (χ1) is 13.1. The molecule has 0 N–H and O–H groups in total. The Morgan fingerprint density at radius 3 is 2.63 bits per heavy atom. The number of benzene rings is 1. The van der Waals surface area contributed by atoms with E-state index in [1.165, 1.54) is 12.8 Å². The zero-order valence-electron chi connectivity index (χ0n) is 16.3. The number of ether oxygens (including phenoxy) is 2. The molecule has 148 valence electrons. The van der Waals surface area contributed by atoms with Gasteiger partial charge in [0.2, 0.25) is 5.91 Å². The Hall–Kier alpha value is -2.04. The standard InChI is InChI=1S/C22H31NO4/c1-2-26-22(25)16-23(15-18-10-11-18)21(24)13-12-17-6-5-9-20(14-17)27-19-7-3-4-8-19/h5-6,9,14,18-19H,2-4,7-8,10-13,15-16H2,1H3. The van der Waals surface area contributed by atoms with Crippen molar-refractivity contribution in [3.63, 3.8) is 0 Å². The summed E-state index contributed by atoms with van der Waals surface area (Å²) in [4.78, 5) is 26.2. The summed E-state index contributed by atoms with van der Waals surface area (Å²) in [5.41, 5.74) is 1.10. The Morgan fingerprint density at radius 2 is 1.93 bits per heavy atom. The van der Waals surface area contributed by atoms with Crippen molar-refractivity contribution in [1.82, 2.24) is 4.90 Å². The van der Waals surface area contributed by atoms with Crippen LogP contribution in [0.5, 0.6) is 5.75 Å². The molecule has 0 atom stereocenters. The van der Waals surface area contributed by atoms with Crippen LogP contribution in [0.3, 0.4) is 0 Å². The molecule has 2 saturated carbocycles. The second-order valence-electron chi connectivity index (χ2n) is 7.69. The van der Waals surface area contributed by atoms with Crippen LogP contribution in [0.15, 0.2) is 24.3 Å². The maximum absolute atomic E-state index is 12.7. The molecule has 2 aliphatic rings. The van der Waals surface area contributed by atoms with E-state index in [1.54, 1.807) is 11.8 Å². The van der Waals surface area contributed by atoms with Gasteiger partial charge in [-0.25, -0.2) is 0 Å². The highest BCUT2D eigenvalue weighted by Gasteiger charge is 2.28. The van der Waals surface area contributed by atoms with Crippen molar-refractivity contribution in [2.75, 3.05) is 19.7 Å². The highest BCUT2D eigenvalue weighted by Crippen LogP contribution is 2.30. The number of rotatable bonds is 10. The van der Waals surface area contributed by atoms with Gasteiger partial charge in [-0.2, -0.15) is 0 Å². The topological polar surface area (TPSA) is 55.8 Å². The quantitative estimate of drug-likeness (QED) is 0.586. The molecule has 0 heterocycles. The highest BCUT2D eigenvalue weighted by molar-refractivity contribution is 5.82. The molecule has 5 heteroatoms. The molecular weight excluding hydrogens is 342 g/mol. The molecule has 0 spiro atoms. The van der Waals surface area contributed by atoms with E-state index in [9.17, 15) is 9.59 Å². The van der Waals surface area contributed by atoms with Gasteiger partial charge in [-0.05, 0) is 75.5 Å². The molecule has 2 aliphatic carbocycles. The third kappa shape index (κ3) is 6.56. The van der Waals surface area contributed by atoms with E-state index in [4.69, 9.17) is 9.47 Å². The lowest BCUT2D eigenvalue weighted by Crippen LogP contribution is -2.38. The summed E-state index contributed by atoms with van der Waals surface area (Å²) in [5.74, 6) is 1.15. The van der Waals surface area contributed by atoms with Gasteiger partial charge in [0.25, 0.3) is 0 Å². The molecular formula is C22H31NO4. The second-order valence-corrected chi connectivity index (χ2v) is 7.69. The van der Waals surface area contributed by atoms with Crippen LogP contribution in [0.1, 0.15) is 57.4 Å². The molecule has 0 unspecified atom stereocenters. The maximum Gasteiger partial charge on any atom is 0.325 e. The first kappa shape index (κ1) is 19.7. The predicted octanol–water partition coefficient (Wildman–Crippen LogP) is 3.74. The van der Waals surface area contributed by atoms with Gasteiger partial charge in [-0.3, -0.25) is 9.59 Å². The molecule has 1 aromatic rings. The fourth-order valence-corrected chi connectivity index (χ4v) is 3.61. The largest absolute Gasteiger partial charge is 0.490 e. The summed E-state index contributed by atoms with van der Waals surface area (Å²) in [6, 6.07) is 8.06. The average Bonchev–Trinajstić information content (AvgIpc) is 3.33. The van der Waals surface area contributed by atoms with Crippen molar-refractivity contribution in [2.24, 2.45) is 5.92 Å². The van der Waals surface area contributed by atoms with E-state index >= 15 is 0 Å². The monoisotopic (exact) mass is 373 g/mol. The van der Waals surface area contributed by atoms with Crippen molar-refractivity contribution in [2.45, 2.75) is 64.4 Å². The van der Waals surface area contributed by atoms with Gasteiger partial charge >= 0.3 is 5.97 Å². The lowest BCUT2D eigenvalue weighted by molar-refractivity contribution is -0.149. The van der Waals surface area contributed by atoms with Crippen molar-refractivity contribution in [3.05, 3.63) is 29.8 Å². The average molecular weight is 373 g/mol. The number of esters is 1. The molecule has 0 aromatic heterocycles. The third-order valence-corrected chi connectivity index (χ3v) is 5.28. The number of aryl methyl sites for hydroxylation is 1. The van der Waals surface area contributed by atoms with E-state index in [0.717, 1.165) is 37.0 Å². The zero-order chi connectivity index (χ0) is 19.1. The fourth-order valence-electron chi connectivity index (χ4n) is 3.61. The predicted molar refractivity (Wildman–Crippen MR) is 104 cm³/mol. The van der Waals surface area contributed by atoms with Gasteiger partial charge in [0.05, 0.1) is 12.7 Å². The number of carbonyl (C=O) groups excluding carboxylic acids is 2. The van der Waals surface area contributed by atoms with Crippen molar-refractivity contribution < 1.29 is 19.1 Å². The van der Waals surface area contributed by atoms with Gasteiger partial charge in [0.15, 0.2) is 0 Å². The SMILES string of the molecule is CCOC(=O)CN(CC1CC1)C(=O)CCc1cccc(OC2CCCC2)c1. The van der Waals surface area contributed by atoms with Crippen LogP contribution in [-0.4, -0.2) is 42.6 Å². The smallest absolute Gasteiger partial charge is 0.325 e. The highest BCUT2D eigenvalue weighted by atomic mass is 16.5. The Bertz CT molecular complexity index is 635. The maximum atomic E-state index is 12.7. The minimum absolute atomic E-state index is 0.0251. The second kappa shape index (κ2) is 9.77. The Balaban J connectivity index is 1.51. The lowest BCUT2D eigenvalue weighted by Gasteiger charge is -2.21. The number of carbonyl (C=O) groups is 2. The van der Waals surface area contributed by atoms with Crippen LogP contribution in [0.4, 0.5) is 0 Å². The van der Waals surface area contributed by atoms with E-state index in [0.29, 0.717) is 38.0 Å². The molecule has 1 aromatic carbocycles. The van der Waals surface area contributed by atoms with Gasteiger partial charge in [-0.1, -0.05) is 12.1 Å². The third-order valence-electron chi connectivity index (χ3n) is 5.28. The summed E-state index contributed by atoms with van der Waals surface area (Å²) < 4.78 is 11.1. The molecule has 0 saturated heterocycles. The number of nitrogens with zero attached hydrogens (tertiary/aromatic N) is 1.